The van der Waals surface area contributed by atoms with Gasteiger partial charge in [0, 0.05) is 31.2 Å². The van der Waals surface area contributed by atoms with Crippen LogP contribution in [0.2, 0.25) is 0 Å². The number of amides is 1. The highest BCUT2D eigenvalue weighted by Crippen LogP contribution is 2.39. The third kappa shape index (κ3) is 4.30. The summed E-state index contributed by atoms with van der Waals surface area (Å²) in [6, 6.07) is 1.16. The first kappa shape index (κ1) is 23.1. The maximum Gasteiger partial charge on any atom is 0.407 e. The predicted molar refractivity (Wildman–Crippen MR) is 125 cm³/mol. The number of benzene rings is 1. The molecule has 0 unspecified atom stereocenters. The Morgan fingerprint density at radius 2 is 1.94 bits per heavy atom. The number of aromatic nitrogens is 2. The van der Waals surface area contributed by atoms with Gasteiger partial charge in [-0.25, -0.2) is 14.0 Å². The van der Waals surface area contributed by atoms with E-state index in [1.165, 1.54) is 10.6 Å². The number of carbonyl (C=O) groups is 1. The van der Waals surface area contributed by atoms with Gasteiger partial charge in [-0.3, -0.25) is 9.36 Å². The topological polar surface area (TPSA) is 112 Å². The summed E-state index contributed by atoms with van der Waals surface area (Å²) in [6.07, 6.45) is 1.16. The van der Waals surface area contributed by atoms with Crippen molar-refractivity contribution in [3.8, 4) is 0 Å². The van der Waals surface area contributed by atoms with Crippen LogP contribution < -0.4 is 27.3 Å². The Labute approximate surface area is 191 Å². The van der Waals surface area contributed by atoms with E-state index in [0.717, 1.165) is 12.8 Å². The average Bonchev–Trinajstić information content (AvgIpc) is 3.47. The van der Waals surface area contributed by atoms with Crippen molar-refractivity contribution < 1.29 is 13.9 Å². The second-order valence-corrected chi connectivity index (χ2v) is 10.3. The molecule has 2 aromatic rings. The molecule has 0 radical (unpaired) electrons. The fraction of sp³-hybridized carbons (Fsp3) is 0.609. The summed E-state index contributed by atoms with van der Waals surface area (Å²) in [5.41, 5.74) is -0.466. The molecule has 1 aromatic heterocycles. The van der Waals surface area contributed by atoms with Gasteiger partial charge in [0.25, 0.3) is 5.56 Å². The Hall–Kier alpha value is -3.04. The van der Waals surface area contributed by atoms with E-state index < -0.39 is 28.8 Å². The summed E-state index contributed by atoms with van der Waals surface area (Å²) in [4.78, 5) is 39.4. The smallest absolute Gasteiger partial charge is 0.407 e. The van der Waals surface area contributed by atoms with E-state index in [9.17, 15) is 14.4 Å². The molecule has 1 aliphatic heterocycles. The van der Waals surface area contributed by atoms with Crippen molar-refractivity contribution in [2.75, 3.05) is 30.4 Å². The fourth-order valence-electron chi connectivity index (χ4n) is 4.73. The number of nitrogens with two attached hydrogens (primary N) is 1. The monoisotopic (exact) mass is 461 g/mol. The standard InChI is InChI=1S/C23H32FN5O4/c1-12-10-27(11-14(12)9-26-21(31)33-23(3,4)5)19-13(2)18-16(8-17(19)24)20(30)29(25)22(32)28(18)15-6-7-15/h8,12,14-15H,6-7,9-11,25H2,1-5H3,(H,26,31)/t12-,14-/m0/s1. The highest BCUT2D eigenvalue weighted by atomic mass is 19.1. The Balaban J connectivity index is 1.66. The number of nitrogens with zero attached hydrogens (tertiary/aromatic N) is 3. The van der Waals surface area contributed by atoms with Crippen molar-refractivity contribution in [1.29, 1.82) is 0 Å². The molecule has 10 heteroatoms. The zero-order valence-electron chi connectivity index (χ0n) is 19.8. The van der Waals surface area contributed by atoms with Gasteiger partial charge in [0.1, 0.15) is 11.4 Å². The number of nitrogens with one attached hydrogen (secondary N) is 1. The number of anilines is 1. The van der Waals surface area contributed by atoms with E-state index in [2.05, 4.69) is 12.2 Å². The van der Waals surface area contributed by atoms with Crippen molar-refractivity contribution >= 4 is 22.7 Å². The van der Waals surface area contributed by atoms with Crippen LogP contribution in [0.15, 0.2) is 15.7 Å². The normalized spacial score (nSPS) is 21.0. The van der Waals surface area contributed by atoms with Gasteiger partial charge in [0.05, 0.1) is 16.6 Å². The fourth-order valence-corrected chi connectivity index (χ4v) is 4.73. The molecule has 33 heavy (non-hydrogen) atoms. The molecule has 4 rings (SSSR count). The summed E-state index contributed by atoms with van der Waals surface area (Å²) >= 11 is 0. The zero-order valence-corrected chi connectivity index (χ0v) is 19.8. The predicted octanol–water partition coefficient (Wildman–Crippen LogP) is 2.26. The molecule has 1 aliphatic carbocycles. The van der Waals surface area contributed by atoms with Crippen LogP contribution in [-0.4, -0.2) is 40.6 Å². The summed E-state index contributed by atoms with van der Waals surface area (Å²) in [5, 5.41) is 2.92. The van der Waals surface area contributed by atoms with Crippen LogP contribution in [0.25, 0.3) is 10.9 Å². The molecular formula is C23H32FN5O4. The van der Waals surface area contributed by atoms with Gasteiger partial charge in [-0.2, -0.15) is 4.68 Å². The molecule has 1 aromatic carbocycles. The molecule has 0 spiro atoms. The number of fused-ring (bicyclic) bond motifs is 1. The van der Waals surface area contributed by atoms with Crippen LogP contribution in [0.1, 0.15) is 52.1 Å². The zero-order chi connectivity index (χ0) is 24.2. The molecule has 3 N–H and O–H groups in total. The lowest BCUT2D eigenvalue weighted by Gasteiger charge is -2.24. The summed E-state index contributed by atoms with van der Waals surface area (Å²) < 4.78 is 22.7. The van der Waals surface area contributed by atoms with Crippen molar-refractivity contribution in [3.63, 3.8) is 0 Å². The van der Waals surface area contributed by atoms with Gasteiger partial charge in [0.15, 0.2) is 0 Å². The molecule has 1 amide bonds. The van der Waals surface area contributed by atoms with Gasteiger partial charge >= 0.3 is 11.8 Å². The molecule has 1 saturated carbocycles. The molecule has 180 valence electrons. The summed E-state index contributed by atoms with van der Waals surface area (Å²) in [6.45, 7) is 10.7. The minimum Gasteiger partial charge on any atom is -0.444 e. The number of aryl methyl sites for hydroxylation is 1. The van der Waals surface area contributed by atoms with E-state index in [4.69, 9.17) is 10.6 Å². The average molecular weight is 462 g/mol. The van der Waals surface area contributed by atoms with Gasteiger partial charge in [-0.15, -0.1) is 0 Å². The van der Waals surface area contributed by atoms with Crippen molar-refractivity contribution in [1.82, 2.24) is 14.6 Å². The van der Waals surface area contributed by atoms with Crippen LogP contribution in [0.3, 0.4) is 0 Å². The van der Waals surface area contributed by atoms with E-state index in [-0.39, 0.29) is 23.3 Å². The van der Waals surface area contributed by atoms with Crippen LogP contribution in [0, 0.1) is 24.6 Å². The van der Waals surface area contributed by atoms with Gasteiger partial charge < -0.3 is 20.8 Å². The quantitative estimate of drug-likeness (QED) is 0.676. The van der Waals surface area contributed by atoms with E-state index >= 15 is 4.39 Å². The largest absolute Gasteiger partial charge is 0.444 e. The van der Waals surface area contributed by atoms with Crippen molar-refractivity contribution in [2.45, 2.75) is 59.1 Å². The number of hydrogen-bond acceptors (Lipinski definition) is 6. The first-order chi connectivity index (χ1) is 15.4. The third-order valence-electron chi connectivity index (χ3n) is 6.47. The number of carbonyl (C=O) groups excluding carboxylic acids is 1. The van der Waals surface area contributed by atoms with Crippen LogP contribution in [0.5, 0.6) is 0 Å². The first-order valence-electron chi connectivity index (χ1n) is 11.4. The Morgan fingerprint density at radius 1 is 1.27 bits per heavy atom. The molecular weight excluding hydrogens is 429 g/mol. The van der Waals surface area contributed by atoms with Crippen LogP contribution in [-0.2, 0) is 4.74 Å². The summed E-state index contributed by atoms with van der Waals surface area (Å²) in [5.74, 6) is 5.46. The highest BCUT2D eigenvalue weighted by Gasteiger charge is 2.35. The van der Waals surface area contributed by atoms with Crippen molar-refractivity contribution in [2.24, 2.45) is 11.8 Å². The number of ether oxygens (including phenoxy) is 1. The lowest BCUT2D eigenvalue weighted by molar-refractivity contribution is 0.0518. The number of rotatable bonds is 4. The molecule has 2 heterocycles. The molecule has 0 bridgehead atoms. The van der Waals surface area contributed by atoms with E-state index in [0.29, 0.717) is 41.1 Å². The molecule has 1 saturated heterocycles. The number of alkyl carbamates (subject to hydrolysis) is 1. The number of hydrogen-bond donors (Lipinski definition) is 2. The molecule has 9 nitrogen and oxygen atoms in total. The maximum atomic E-state index is 15.3. The molecule has 2 atom stereocenters. The van der Waals surface area contributed by atoms with E-state index in [1.807, 2.05) is 4.90 Å². The Morgan fingerprint density at radius 3 is 2.55 bits per heavy atom. The third-order valence-corrected chi connectivity index (χ3v) is 6.47. The number of nitrogen functional groups attached to an aromatic ring is 1. The van der Waals surface area contributed by atoms with Crippen LogP contribution >= 0.6 is 0 Å². The molecule has 2 aliphatic rings. The minimum atomic E-state index is -0.699. The Kier molecular flexibility index (Phi) is 5.66. The second kappa shape index (κ2) is 8.07. The van der Waals surface area contributed by atoms with Gasteiger partial charge in [-0.05, 0) is 58.4 Å². The van der Waals surface area contributed by atoms with Gasteiger partial charge in [-0.1, -0.05) is 6.92 Å². The lowest BCUT2D eigenvalue weighted by Crippen LogP contribution is -2.44. The van der Waals surface area contributed by atoms with Gasteiger partial charge in [0.2, 0.25) is 0 Å². The number of halogens is 1. The Bertz CT molecular complexity index is 1220. The highest BCUT2D eigenvalue weighted by molar-refractivity contribution is 5.87. The maximum absolute atomic E-state index is 15.3. The van der Waals surface area contributed by atoms with E-state index in [1.54, 1.807) is 27.7 Å². The SMILES string of the molecule is Cc1c(N2C[C@H](CNC(=O)OC(C)(C)C)[C@@H](C)C2)c(F)cc2c(=O)n(N)c(=O)n(C3CC3)c12. The molecule has 2 fully saturated rings. The minimum absolute atomic E-state index is 0.0318. The lowest BCUT2D eigenvalue weighted by atomic mass is 9.98. The van der Waals surface area contributed by atoms with Crippen LogP contribution in [0.4, 0.5) is 14.9 Å². The summed E-state index contributed by atoms with van der Waals surface area (Å²) in [7, 11) is 0. The van der Waals surface area contributed by atoms with Crippen molar-refractivity contribution in [3.05, 3.63) is 38.3 Å². The second-order valence-electron chi connectivity index (χ2n) is 10.3. The first-order valence-corrected chi connectivity index (χ1v) is 11.4.